The van der Waals surface area contributed by atoms with Crippen LogP contribution in [0.25, 0.3) is 10.6 Å². The Balaban J connectivity index is 1.78. The van der Waals surface area contributed by atoms with Crippen molar-refractivity contribution in [2.24, 2.45) is 0 Å². The molecule has 0 radical (unpaired) electrons. The fourth-order valence-corrected chi connectivity index (χ4v) is 4.97. The van der Waals surface area contributed by atoms with E-state index in [9.17, 15) is 22.4 Å². The van der Waals surface area contributed by atoms with Gasteiger partial charge >= 0.3 is 12.1 Å². The SMILES string of the molecule is Cc1ccc(SCc2sc(-c3ccc(C(F)(F)F)c(F)c3)nc2C)cc1CC(=O)O. The van der Waals surface area contributed by atoms with Gasteiger partial charge in [-0.05, 0) is 49.2 Å². The number of carboxylic acid groups (broad SMARTS) is 1. The van der Waals surface area contributed by atoms with Gasteiger partial charge in [-0.15, -0.1) is 23.1 Å². The molecule has 3 aromatic rings. The smallest absolute Gasteiger partial charge is 0.419 e. The molecular formula is C21H17F4NO2S2. The first kappa shape index (κ1) is 22.3. The molecule has 0 unspecified atom stereocenters. The van der Waals surface area contributed by atoms with Gasteiger partial charge in [-0.3, -0.25) is 4.79 Å². The second-order valence-corrected chi connectivity index (χ2v) is 8.80. The monoisotopic (exact) mass is 455 g/mol. The Hall–Kier alpha value is -2.39. The summed E-state index contributed by atoms with van der Waals surface area (Å²) in [6.45, 7) is 3.65. The minimum Gasteiger partial charge on any atom is -0.481 e. The molecule has 30 heavy (non-hydrogen) atoms. The van der Waals surface area contributed by atoms with Crippen LogP contribution in [0.2, 0.25) is 0 Å². The zero-order chi connectivity index (χ0) is 22.1. The van der Waals surface area contributed by atoms with Gasteiger partial charge in [0.25, 0.3) is 0 Å². The van der Waals surface area contributed by atoms with Crippen molar-refractivity contribution >= 4 is 29.1 Å². The lowest BCUT2D eigenvalue weighted by Gasteiger charge is -2.08. The molecule has 0 aliphatic rings. The summed E-state index contributed by atoms with van der Waals surface area (Å²) in [5.74, 6) is -1.66. The number of hydrogen-bond donors (Lipinski definition) is 1. The molecule has 2 aromatic carbocycles. The quantitative estimate of drug-likeness (QED) is 0.340. The van der Waals surface area contributed by atoms with E-state index in [0.29, 0.717) is 16.3 Å². The van der Waals surface area contributed by atoms with Gasteiger partial charge in [0.15, 0.2) is 0 Å². The summed E-state index contributed by atoms with van der Waals surface area (Å²) in [5, 5.41) is 9.47. The number of halogens is 4. The summed E-state index contributed by atoms with van der Waals surface area (Å²) < 4.78 is 52.1. The molecule has 3 nitrogen and oxygen atoms in total. The van der Waals surface area contributed by atoms with Crippen LogP contribution in [0.15, 0.2) is 41.3 Å². The fourth-order valence-electron chi connectivity index (χ4n) is 2.80. The number of alkyl halides is 3. The van der Waals surface area contributed by atoms with Crippen molar-refractivity contribution in [3.8, 4) is 10.6 Å². The lowest BCUT2D eigenvalue weighted by Crippen LogP contribution is -2.07. The van der Waals surface area contributed by atoms with E-state index in [1.165, 1.54) is 29.2 Å². The number of aryl methyl sites for hydroxylation is 2. The van der Waals surface area contributed by atoms with E-state index in [4.69, 9.17) is 5.11 Å². The number of carboxylic acids is 1. The van der Waals surface area contributed by atoms with E-state index < -0.39 is 23.5 Å². The molecule has 0 saturated heterocycles. The number of aromatic nitrogens is 1. The zero-order valence-corrected chi connectivity index (χ0v) is 17.6. The number of hydrogen-bond acceptors (Lipinski definition) is 4. The normalized spacial score (nSPS) is 11.7. The zero-order valence-electron chi connectivity index (χ0n) is 16.0. The highest BCUT2D eigenvalue weighted by atomic mass is 32.2. The molecular weight excluding hydrogens is 438 g/mol. The summed E-state index contributed by atoms with van der Waals surface area (Å²) in [4.78, 5) is 17.2. The minimum absolute atomic E-state index is 0.0521. The molecule has 3 rings (SSSR count). The van der Waals surface area contributed by atoms with Gasteiger partial charge in [-0.25, -0.2) is 9.37 Å². The molecule has 0 aliphatic carbocycles. The summed E-state index contributed by atoms with van der Waals surface area (Å²) in [7, 11) is 0. The first-order valence-electron chi connectivity index (χ1n) is 8.82. The third-order valence-electron chi connectivity index (χ3n) is 4.45. The van der Waals surface area contributed by atoms with Gasteiger partial charge in [0.1, 0.15) is 10.8 Å². The highest BCUT2D eigenvalue weighted by molar-refractivity contribution is 7.98. The van der Waals surface area contributed by atoms with E-state index in [1.54, 1.807) is 6.92 Å². The molecule has 1 aromatic heterocycles. The van der Waals surface area contributed by atoms with E-state index in [1.807, 2.05) is 25.1 Å². The summed E-state index contributed by atoms with van der Waals surface area (Å²) >= 11 is 2.81. The van der Waals surface area contributed by atoms with Crippen LogP contribution in [0, 0.1) is 19.7 Å². The van der Waals surface area contributed by atoms with Crippen LogP contribution in [0.4, 0.5) is 17.6 Å². The lowest BCUT2D eigenvalue weighted by atomic mass is 10.1. The average Bonchev–Trinajstić information content (AvgIpc) is 3.01. The van der Waals surface area contributed by atoms with Gasteiger partial charge in [-0.1, -0.05) is 12.1 Å². The fraction of sp³-hybridized carbons (Fsp3) is 0.238. The third-order valence-corrected chi connectivity index (χ3v) is 6.86. The van der Waals surface area contributed by atoms with Crippen LogP contribution in [0.1, 0.15) is 27.3 Å². The lowest BCUT2D eigenvalue weighted by molar-refractivity contribution is -0.140. The van der Waals surface area contributed by atoms with Gasteiger partial charge in [0.2, 0.25) is 0 Å². The molecule has 158 valence electrons. The van der Waals surface area contributed by atoms with Crippen LogP contribution in [-0.2, 0) is 23.1 Å². The number of rotatable bonds is 6. The van der Waals surface area contributed by atoms with E-state index >= 15 is 0 Å². The van der Waals surface area contributed by atoms with Gasteiger partial charge < -0.3 is 5.11 Å². The van der Waals surface area contributed by atoms with Crippen molar-refractivity contribution in [2.75, 3.05) is 0 Å². The molecule has 0 saturated carbocycles. The van der Waals surface area contributed by atoms with Crippen LogP contribution in [0.5, 0.6) is 0 Å². The van der Waals surface area contributed by atoms with Gasteiger partial charge in [-0.2, -0.15) is 13.2 Å². The Morgan fingerprint density at radius 3 is 2.53 bits per heavy atom. The Labute approximate surface area is 178 Å². The maximum absolute atomic E-state index is 13.9. The van der Waals surface area contributed by atoms with Crippen molar-refractivity contribution in [1.82, 2.24) is 4.98 Å². The maximum Gasteiger partial charge on any atom is 0.419 e. The molecule has 1 heterocycles. The second-order valence-electron chi connectivity index (χ2n) is 6.67. The van der Waals surface area contributed by atoms with Crippen LogP contribution < -0.4 is 0 Å². The molecule has 0 fully saturated rings. The molecule has 0 bridgehead atoms. The maximum atomic E-state index is 13.9. The standard InChI is InChI=1S/C21H17F4NO2S2/c1-11-3-5-15(7-14(11)9-19(27)28)29-10-18-12(2)26-20(30-18)13-4-6-16(17(22)8-13)21(23,24)25/h3-8H,9-10H2,1-2H3,(H,27,28). The molecule has 0 atom stereocenters. The number of carbonyl (C=O) groups is 1. The van der Waals surface area contributed by atoms with Crippen molar-refractivity contribution < 1.29 is 27.5 Å². The predicted octanol–water partition coefficient (Wildman–Crippen LogP) is 6.50. The number of benzene rings is 2. The summed E-state index contributed by atoms with van der Waals surface area (Å²) in [5.41, 5.74) is 1.37. The Kier molecular flexibility index (Phi) is 6.52. The highest BCUT2D eigenvalue weighted by Crippen LogP contribution is 2.36. The Morgan fingerprint density at radius 1 is 1.17 bits per heavy atom. The molecule has 0 aliphatic heterocycles. The van der Waals surface area contributed by atoms with Gasteiger partial charge in [0, 0.05) is 21.1 Å². The predicted molar refractivity (Wildman–Crippen MR) is 109 cm³/mol. The highest BCUT2D eigenvalue weighted by Gasteiger charge is 2.34. The third kappa shape index (κ3) is 5.20. The van der Waals surface area contributed by atoms with Crippen LogP contribution in [-0.4, -0.2) is 16.1 Å². The Morgan fingerprint density at radius 2 is 1.90 bits per heavy atom. The summed E-state index contributed by atoms with van der Waals surface area (Å²) in [6.07, 6.45) is -4.79. The number of nitrogens with zero attached hydrogens (tertiary/aromatic N) is 1. The molecule has 0 amide bonds. The Bertz CT molecular complexity index is 1090. The molecule has 0 spiro atoms. The van der Waals surface area contributed by atoms with Crippen molar-refractivity contribution in [1.29, 1.82) is 0 Å². The largest absolute Gasteiger partial charge is 0.481 e. The van der Waals surface area contributed by atoms with E-state index in [0.717, 1.165) is 38.7 Å². The van der Waals surface area contributed by atoms with E-state index in [2.05, 4.69) is 4.98 Å². The number of thioether (sulfide) groups is 1. The number of aliphatic carboxylic acids is 1. The van der Waals surface area contributed by atoms with Crippen molar-refractivity contribution in [3.05, 3.63) is 69.5 Å². The van der Waals surface area contributed by atoms with Crippen LogP contribution >= 0.6 is 23.1 Å². The van der Waals surface area contributed by atoms with Crippen molar-refractivity contribution in [2.45, 2.75) is 37.1 Å². The molecule has 1 N–H and O–H groups in total. The minimum atomic E-state index is -4.74. The first-order chi connectivity index (χ1) is 14.0. The second kappa shape index (κ2) is 8.77. The topological polar surface area (TPSA) is 50.2 Å². The molecule has 9 heteroatoms. The van der Waals surface area contributed by atoms with E-state index in [-0.39, 0.29) is 6.42 Å². The van der Waals surface area contributed by atoms with Crippen LogP contribution in [0.3, 0.4) is 0 Å². The van der Waals surface area contributed by atoms with Crippen molar-refractivity contribution in [3.63, 3.8) is 0 Å². The van der Waals surface area contributed by atoms with Gasteiger partial charge in [0.05, 0.1) is 17.7 Å². The summed E-state index contributed by atoms with van der Waals surface area (Å²) in [6, 6.07) is 8.43. The average molecular weight is 455 g/mol. The first-order valence-corrected chi connectivity index (χ1v) is 10.6. The number of thiazole rings is 1.